The first kappa shape index (κ1) is 23.5. The average molecular weight is 496 g/mol. The van der Waals surface area contributed by atoms with Crippen LogP contribution in [0.3, 0.4) is 0 Å². The molecule has 0 unspecified atom stereocenters. The van der Waals surface area contributed by atoms with E-state index >= 15 is 0 Å². The number of rotatable bonds is 6. The molecule has 0 fully saturated rings. The van der Waals surface area contributed by atoms with Crippen LogP contribution in [0.4, 0.5) is 15.8 Å². The number of benzene rings is 3. The fourth-order valence-electron chi connectivity index (χ4n) is 2.78. The minimum Gasteiger partial charge on any atom is -0.366 e. The molecule has 11 heteroatoms. The number of carbonyl (C=O) groups is 2. The zero-order chi connectivity index (χ0) is 23.6. The maximum atomic E-state index is 13.2. The van der Waals surface area contributed by atoms with E-state index in [0.717, 1.165) is 22.5 Å². The summed E-state index contributed by atoms with van der Waals surface area (Å²) >= 11 is 12.0. The van der Waals surface area contributed by atoms with Crippen molar-refractivity contribution in [2.45, 2.75) is 4.90 Å². The van der Waals surface area contributed by atoms with Gasteiger partial charge in [-0.25, -0.2) is 12.8 Å². The number of sulfonamides is 1. The molecule has 3 aromatic carbocycles. The van der Waals surface area contributed by atoms with Gasteiger partial charge in [-0.1, -0.05) is 23.2 Å². The Balaban J connectivity index is 1.93. The van der Waals surface area contributed by atoms with Gasteiger partial charge < -0.3 is 11.1 Å². The Kier molecular flexibility index (Phi) is 6.73. The fourth-order valence-corrected chi connectivity index (χ4v) is 4.41. The van der Waals surface area contributed by atoms with E-state index in [4.69, 9.17) is 28.9 Å². The third-order valence-corrected chi connectivity index (χ3v) is 6.96. The summed E-state index contributed by atoms with van der Waals surface area (Å²) in [4.78, 5) is 24.0. The summed E-state index contributed by atoms with van der Waals surface area (Å²) < 4.78 is 40.1. The molecule has 0 aromatic heterocycles. The zero-order valence-corrected chi connectivity index (χ0v) is 18.8. The summed E-state index contributed by atoms with van der Waals surface area (Å²) in [5, 5.41) is 2.65. The summed E-state index contributed by atoms with van der Waals surface area (Å²) in [7, 11) is -2.78. The van der Waals surface area contributed by atoms with Crippen LogP contribution >= 0.6 is 23.2 Å². The lowest BCUT2D eigenvalue weighted by atomic mass is 10.1. The number of nitrogens with zero attached hydrogens (tertiary/aromatic N) is 1. The summed E-state index contributed by atoms with van der Waals surface area (Å²) in [5.74, 6) is -2.00. The lowest BCUT2D eigenvalue weighted by Gasteiger charge is -2.20. The highest BCUT2D eigenvalue weighted by molar-refractivity contribution is 7.92. The lowest BCUT2D eigenvalue weighted by molar-refractivity contribution is 0.0996. The second-order valence-electron chi connectivity index (χ2n) is 6.60. The number of nitrogens with one attached hydrogen (secondary N) is 1. The van der Waals surface area contributed by atoms with Crippen LogP contribution in [-0.2, 0) is 10.0 Å². The first-order valence-electron chi connectivity index (χ1n) is 8.95. The van der Waals surface area contributed by atoms with Crippen LogP contribution in [0.5, 0.6) is 0 Å². The Hall–Kier alpha value is -3.14. The SMILES string of the molecule is CN(c1ccc(F)cc1)S(=O)(=O)c1ccc(Cl)c(C(=O)Nc2ccc(Cl)c(C(N)=O)c2)c1. The highest BCUT2D eigenvalue weighted by Crippen LogP contribution is 2.27. The van der Waals surface area contributed by atoms with E-state index < -0.39 is 27.7 Å². The van der Waals surface area contributed by atoms with Gasteiger partial charge in [-0.3, -0.25) is 13.9 Å². The van der Waals surface area contributed by atoms with Crippen molar-refractivity contribution in [2.75, 3.05) is 16.7 Å². The van der Waals surface area contributed by atoms with Gasteiger partial charge in [0, 0.05) is 12.7 Å². The second-order valence-corrected chi connectivity index (χ2v) is 9.39. The van der Waals surface area contributed by atoms with Crippen molar-refractivity contribution in [1.29, 1.82) is 0 Å². The summed E-state index contributed by atoms with van der Waals surface area (Å²) in [6, 6.07) is 12.7. The highest BCUT2D eigenvalue weighted by Gasteiger charge is 2.24. The van der Waals surface area contributed by atoms with E-state index in [1.54, 1.807) is 0 Å². The number of hydrogen-bond donors (Lipinski definition) is 2. The summed E-state index contributed by atoms with van der Waals surface area (Å²) in [6.07, 6.45) is 0. The lowest BCUT2D eigenvalue weighted by Crippen LogP contribution is -2.27. The summed E-state index contributed by atoms with van der Waals surface area (Å²) in [5.41, 5.74) is 5.58. The van der Waals surface area contributed by atoms with Gasteiger partial charge in [-0.15, -0.1) is 0 Å². The Bertz CT molecular complexity index is 1320. The largest absolute Gasteiger partial charge is 0.366 e. The van der Waals surface area contributed by atoms with Gasteiger partial charge in [0.05, 0.1) is 31.8 Å². The van der Waals surface area contributed by atoms with Gasteiger partial charge in [-0.2, -0.15) is 0 Å². The van der Waals surface area contributed by atoms with Crippen molar-refractivity contribution in [2.24, 2.45) is 5.73 Å². The first-order chi connectivity index (χ1) is 15.0. The van der Waals surface area contributed by atoms with Crippen LogP contribution in [0, 0.1) is 5.82 Å². The smallest absolute Gasteiger partial charge is 0.264 e. The van der Waals surface area contributed by atoms with Crippen molar-refractivity contribution >= 4 is 56.4 Å². The minimum atomic E-state index is -4.08. The Morgan fingerprint density at radius 1 is 0.938 bits per heavy atom. The van der Waals surface area contributed by atoms with E-state index in [2.05, 4.69) is 5.32 Å². The summed E-state index contributed by atoms with van der Waals surface area (Å²) in [6.45, 7) is 0. The molecule has 0 aliphatic rings. The Morgan fingerprint density at radius 3 is 2.16 bits per heavy atom. The van der Waals surface area contributed by atoms with Crippen LogP contribution in [0.25, 0.3) is 0 Å². The molecular formula is C21H16Cl2FN3O4S. The minimum absolute atomic E-state index is 0.00724. The van der Waals surface area contributed by atoms with Crippen LogP contribution < -0.4 is 15.4 Å². The van der Waals surface area contributed by atoms with Gasteiger partial charge in [0.25, 0.3) is 15.9 Å². The average Bonchev–Trinajstić information content (AvgIpc) is 2.75. The van der Waals surface area contributed by atoms with Gasteiger partial charge in [0.15, 0.2) is 0 Å². The third kappa shape index (κ3) is 4.85. The molecule has 0 saturated carbocycles. The van der Waals surface area contributed by atoms with Crippen molar-refractivity contribution in [3.63, 3.8) is 0 Å². The first-order valence-corrected chi connectivity index (χ1v) is 11.1. The molecule has 166 valence electrons. The number of hydrogen-bond acceptors (Lipinski definition) is 4. The highest BCUT2D eigenvalue weighted by atomic mass is 35.5. The van der Waals surface area contributed by atoms with Gasteiger partial charge in [0.2, 0.25) is 5.91 Å². The van der Waals surface area contributed by atoms with Crippen molar-refractivity contribution in [3.8, 4) is 0 Å². The molecule has 32 heavy (non-hydrogen) atoms. The van der Waals surface area contributed by atoms with Crippen LogP contribution in [0.2, 0.25) is 10.0 Å². The van der Waals surface area contributed by atoms with Crippen LogP contribution in [0.1, 0.15) is 20.7 Å². The van der Waals surface area contributed by atoms with E-state index in [0.29, 0.717) is 0 Å². The van der Waals surface area contributed by atoms with E-state index in [-0.39, 0.29) is 37.4 Å². The zero-order valence-electron chi connectivity index (χ0n) is 16.5. The molecule has 0 saturated heterocycles. The van der Waals surface area contributed by atoms with Crippen molar-refractivity contribution in [3.05, 3.63) is 87.7 Å². The van der Waals surface area contributed by atoms with Gasteiger partial charge >= 0.3 is 0 Å². The predicted molar refractivity (Wildman–Crippen MR) is 121 cm³/mol. The van der Waals surface area contributed by atoms with Gasteiger partial charge in [0.1, 0.15) is 5.82 Å². The number of amides is 2. The molecule has 0 aliphatic carbocycles. The molecule has 3 N–H and O–H groups in total. The number of primary amides is 1. The maximum absolute atomic E-state index is 13.2. The number of nitrogens with two attached hydrogens (primary N) is 1. The van der Waals surface area contributed by atoms with Crippen LogP contribution in [-0.4, -0.2) is 27.3 Å². The van der Waals surface area contributed by atoms with Crippen LogP contribution in [0.15, 0.2) is 65.6 Å². The molecule has 3 aromatic rings. The fraction of sp³-hybridized carbons (Fsp3) is 0.0476. The number of anilines is 2. The van der Waals surface area contributed by atoms with E-state index in [9.17, 15) is 22.4 Å². The maximum Gasteiger partial charge on any atom is 0.264 e. The van der Waals surface area contributed by atoms with Crippen molar-refractivity contribution < 1.29 is 22.4 Å². The predicted octanol–water partition coefficient (Wildman–Crippen LogP) is 4.31. The third-order valence-electron chi connectivity index (χ3n) is 4.52. The molecule has 7 nitrogen and oxygen atoms in total. The number of halogens is 3. The molecule has 2 amide bonds. The molecular weight excluding hydrogens is 480 g/mol. The molecule has 0 atom stereocenters. The Morgan fingerprint density at radius 2 is 1.53 bits per heavy atom. The molecule has 0 spiro atoms. The van der Waals surface area contributed by atoms with Gasteiger partial charge in [-0.05, 0) is 60.7 Å². The molecule has 0 radical (unpaired) electrons. The van der Waals surface area contributed by atoms with Crippen molar-refractivity contribution in [1.82, 2.24) is 0 Å². The molecule has 3 rings (SSSR count). The molecule has 0 bridgehead atoms. The molecule has 0 heterocycles. The van der Waals surface area contributed by atoms with E-state index in [1.807, 2.05) is 0 Å². The second kappa shape index (κ2) is 9.15. The normalized spacial score (nSPS) is 11.1. The number of carbonyl (C=O) groups excluding carboxylic acids is 2. The monoisotopic (exact) mass is 495 g/mol. The topological polar surface area (TPSA) is 110 Å². The Labute approximate surface area is 193 Å². The molecule has 0 aliphatic heterocycles. The van der Waals surface area contributed by atoms with E-state index in [1.165, 1.54) is 49.5 Å². The standard InChI is InChI=1S/C21H16Cl2FN3O4S/c1-27(14-5-2-12(24)3-6-14)32(30,31)15-7-9-19(23)17(11-15)21(29)26-13-4-8-18(22)16(10-13)20(25)28/h2-11H,1H3,(H2,25,28)(H,26,29). The quantitative estimate of drug-likeness (QED) is 0.530.